The molecule has 2 heterocycles. The molecule has 0 saturated carbocycles. The fourth-order valence-electron chi connectivity index (χ4n) is 2.01. The molecule has 0 aromatic carbocycles. The summed E-state index contributed by atoms with van der Waals surface area (Å²) in [6.45, 7) is 10.4. The second kappa shape index (κ2) is 5.49. The molecule has 6 heteroatoms. The van der Waals surface area contributed by atoms with E-state index in [-0.39, 0.29) is 0 Å². The number of aryl methyl sites for hydroxylation is 2. The van der Waals surface area contributed by atoms with Crippen molar-refractivity contribution in [3.05, 3.63) is 23.1 Å². The third-order valence-electron chi connectivity index (χ3n) is 2.83. The van der Waals surface area contributed by atoms with Crippen LogP contribution in [0.3, 0.4) is 0 Å². The summed E-state index contributed by atoms with van der Waals surface area (Å²) in [7, 11) is 0. The fraction of sp³-hybridized carbons (Fsp3) is 0.500. The molecule has 5 nitrogen and oxygen atoms in total. The number of hydrogen-bond acceptors (Lipinski definition) is 3. The Morgan fingerprint density at radius 2 is 2.33 bits per heavy atom. The molecule has 18 heavy (non-hydrogen) atoms. The number of nitrogens with one attached hydrogen (secondary N) is 1. The van der Waals surface area contributed by atoms with Crippen LogP contribution in [0.2, 0.25) is 0 Å². The first-order valence-corrected chi connectivity index (χ1v) is 6.44. The standard InChI is InChI=1S/C12H18N4OS/c1-4-7-17-8-6-15-11-10(13-12(15)18)9(3)14-16(11)5-2/h4H,1,5-8H2,2-3H3,(H,13,18). The van der Waals surface area contributed by atoms with E-state index in [1.165, 1.54) is 0 Å². The lowest BCUT2D eigenvalue weighted by Crippen LogP contribution is -2.09. The van der Waals surface area contributed by atoms with E-state index in [4.69, 9.17) is 17.0 Å². The third kappa shape index (κ3) is 2.26. The van der Waals surface area contributed by atoms with Gasteiger partial charge in [0, 0.05) is 6.54 Å². The molecule has 0 amide bonds. The number of aromatic amines is 1. The molecule has 0 spiro atoms. The lowest BCUT2D eigenvalue weighted by Gasteiger charge is -2.06. The Morgan fingerprint density at radius 1 is 1.56 bits per heavy atom. The summed E-state index contributed by atoms with van der Waals surface area (Å²) in [5, 5.41) is 4.48. The van der Waals surface area contributed by atoms with Crippen LogP contribution >= 0.6 is 12.2 Å². The van der Waals surface area contributed by atoms with Crippen molar-refractivity contribution in [2.75, 3.05) is 13.2 Å². The molecule has 2 aromatic rings. The van der Waals surface area contributed by atoms with Crippen LogP contribution < -0.4 is 0 Å². The summed E-state index contributed by atoms with van der Waals surface area (Å²) >= 11 is 5.34. The van der Waals surface area contributed by atoms with E-state index in [0.717, 1.165) is 34.7 Å². The van der Waals surface area contributed by atoms with Gasteiger partial charge in [0.05, 0.1) is 25.5 Å². The number of H-pyrrole nitrogens is 1. The van der Waals surface area contributed by atoms with Gasteiger partial charge < -0.3 is 9.72 Å². The van der Waals surface area contributed by atoms with Crippen molar-refractivity contribution in [3.63, 3.8) is 0 Å². The number of fused-ring (bicyclic) bond motifs is 1. The van der Waals surface area contributed by atoms with Crippen molar-refractivity contribution in [1.82, 2.24) is 19.3 Å². The van der Waals surface area contributed by atoms with Crippen LogP contribution in [0.4, 0.5) is 0 Å². The minimum Gasteiger partial charge on any atom is -0.376 e. The van der Waals surface area contributed by atoms with Crippen molar-refractivity contribution in [1.29, 1.82) is 0 Å². The average Bonchev–Trinajstić information content (AvgIpc) is 2.83. The maximum absolute atomic E-state index is 5.41. The van der Waals surface area contributed by atoms with Gasteiger partial charge in [0.25, 0.3) is 0 Å². The van der Waals surface area contributed by atoms with Gasteiger partial charge in [-0.05, 0) is 26.1 Å². The van der Waals surface area contributed by atoms with Crippen LogP contribution in [0.15, 0.2) is 12.7 Å². The molecule has 1 N–H and O–H groups in total. The molecule has 0 aliphatic heterocycles. The van der Waals surface area contributed by atoms with Crippen molar-refractivity contribution in [2.45, 2.75) is 26.9 Å². The van der Waals surface area contributed by atoms with E-state index in [1.807, 2.05) is 16.2 Å². The number of hydrogen-bond donors (Lipinski definition) is 1. The van der Waals surface area contributed by atoms with E-state index >= 15 is 0 Å². The Kier molecular flexibility index (Phi) is 3.98. The van der Waals surface area contributed by atoms with Crippen LogP contribution in [0.5, 0.6) is 0 Å². The van der Waals surface area contributed by atoms with Crippen molar-refractivity contribution in [3.8, 4) is 0 Å². The van der Waals surface area contributed by atoms with Gasteiger partial charge in [-0.25, -0.2) is 4.68 Å². The first-order valence-electron chi connectivity index (χ1n) is 6.03. The molecule has 0 atom stereocenters. The quantitative estimate of drug-likeness (QED) is 0.496. The van der Waals surface area contributed by atoms with Crippen molar-refractivity contribution >= 4 is 23.4 Å². The predicted molar refractivity (Wildman–Crippen MR) is 74.3 cm³/mol. The van der Waals surface area contributed by atoms with Crippen LogP contribution in [0.25, 0.3) is 11.2 Å². The van der Waals surface area contributed by atoms with E-state index in [2.05, 4.69) is 23.6 Å². The van der Waals surface area contributed by atoms with E-state index in [1.54, 1.807) is 6.08 Å². The zero-order chi connectivity index (χ0) is 13.1. The van der Waals surface area contributed by atoms with Gasteiger partial charge in [-0.3, -0.25) is 4.57 Å². The highest BCUT2D eigenvalue weighted by Crippen LogP contribution is 2.17. The summed E-state index contributed by atoms with van der Waals surface area (Å²) in [4.78, 5) is 3.21. The highest BCUT2D eigenvalue weighted by Gasteiger charge is 2.13. The largest absolute Gasteiger partial charge is 0.376 e. The van der Waals surface area contributed by atoms with Gasteiger partial charge in [-0.2, -0.15) is 5.10 Å². The van der Waals surface area contributed by atoms with Crippen LogP contribution in [0.1, 0.15) is 12.6 Å². The molecular weight excluding hydrogens is 248 g/mol. The average molecular weight is 266 g/mol. The molecule has 98 valence electrons. The lowest BCUT2D eigenvalue weighted by molar-refractivity contribution is 0.153. The van der Waals surface area contributed by atoms with Crippen molar-refractivity contribution < 1.29 is 4.74 Å². The summed E-state index contributed by atoms with van der Waals surface area (Å²) in [5.41, 5.74) is 3.04. The third-order valence-corrected chi connectivity index (χ3v) is 3.15. The van der Waals surface area contributed by atoms with Crippen LogP contribution in [-0.4, -0.2) is 32.5 Å². The highest BCUT2D eigenvalue weighted by molar-refractivity contribution is 7.71. The minimum atomic E-state index is 0.562. The first-order chi connectivity index (χ1) is 8.69. The summed E-state index contributed by atoms with van der Waals surface area (Å²) in [6.07, 6.45) is 1.74. The molecule has 2 aromatic heterocycles. The van der Waals surface area contributed by atoms with Gasteiger partial charge in [-0.15, -0.1) is 6.58 Å². The normalized spacial score (nSPS) is 11.2. The molecule has 2 rings (SSSR count). The smallest absolute Gasteiger partial charge is 0.179 e. The minimum absolute atomic E-state index is 0.562. The molecule has 0 aliphatic rings. The second-order valence-electron chi connectivity index (χ2n) is 4.05. The van der Waals surface area contributed by atoms with Gasteiger partial charge in [0.15, 0.2) is 10.4 Å². The molecule has 0 radical (unpaired) electrons. The topological polar surface area (TPSA) is 47.8 Å². The maximum Gasteiger partial charge on any atom is 0.179 e. The van der Waals surface area contributed by atoms with Gasteiger partial charge in [0.2, 0.25) is 0 Å². The van der Waals surface area contributed by atoms with Crippen LogP contribution in [0, 0.1) is 11.7 Å². The van der Waals surface area contributed by atoms with Gasteiger partial charge in [-0.1, -0.05) is 6.08 Å². The Balaban J connectivity index is 2.33. The Hall–Kier alpha value is -1.40. The lowest BCUT2D eigenvalue weighted by atomic mass is 10.4. The Morgan fingerprint density at radius 3 is 3.00 bits per heavy atom. The van der Waals surface area contributed by atoms with E-state index in [0.29, 0.717) is 13.2 Å². The first kappa shape index (κ1) is 13.0. The number of ether oxygens (including phenoxy) is 1. The number of nitrogens with zero attached hydrogens (tertiary/aromatic N) is 3. The SMILES string of the molecule is C=CCOCCn1c(=S)[nH]c2c(C)nn(CC)c21. The second-order valence-corrected chi connectivity index (χ2v) is 4.43. The predicted octanol–water partition coefficient (Wildman–Crippen LogP) is 2.43. The van der Waals surface area contributed by atoms with Crippen LogP contribution in [-0.2, 0) is 17.8 Å². The van der Waals surface area contributed by atoms with E-state index < -0.39 is 0 Å². The summed E-state index contributed by atoms with van der Waals surface area (Å²) < 4.78 is 10.1. The molecular formula is C12H18N4OS. The Bertz CT molecular complexity index is 607. The summed E-state index contributed by atoms with van der Waals surface area (Å²) in [5.74, 6) is 0. The molecule has 0 saturated heterocycles. The maximum atomic E-state index is 5.41. The number of imidazole rings is 1. The fourth-order valence-corrected chi connectivity index (χ4v) is 2.29. The number of rotatable bonds is 6. The number of aromatic nitrogens is 4. The molecule has 0 bridgehead atoms. The van der Waals surface area contributed by atoms with Crippen molar-refractivity contribution in [2.24, 2.45) is 0 Å². The molecule has 0 unspecified atom stereocenters. The summed E-state index contributed by atoms with van der Waals surface area (Å²) in [6, 6.07) is 0. The zero-order valence-electron chi connectivity index (χ0n) is 10.8. The Labute approximate surface area is 111 Å². The highest BCUT2D eigenvalue weighted by atomic mass is 32.1. The van der Waals surface area contributed by atoms with Gasteiger partial charge in [0.1, 0.15) is 5.52 Å². The zero-order valence-corrected chi connectivity index (χ0v) is 11.6. The molecule has 0 fully saturated rings. The molecule has 0 aliphatic carbocycles. The monoisotopic (exact) mass is 266 g/mol. The van der Waals surface area contributed by atoms with Gasteiger partial charge >= 0.3 is 0 Å². The van der Waals surface area contributed by atoms with E-state index in [9.17, 15) is 0 Å².